The number of rotatable bonds is 5. The third-order valence-corrected chi connectivity index (χ3v) is 3.54. The number of carbonyl (C=O) groups is 2. The van der Waals surface area contributed by atoms with Crippen molar-refractivity contribution in [3.8, 4) is 0 Å². The Bertz CT molecular complexity index is 331. The molecule has 0 bridgehead atoms. The summed E-state index contributed by atoms with van der Waals surface area (Å²) in [6, 6.07) is -0.623. The average Bonchev–Trinajstić information content (AvgIpc) is 2.90. The van der Waals surface area contributed by atoms with Crippen molar-refractivity contribution in [2.45, 2.75) is 25.0 Å². The molecule has 19 heavy (non-hydrogen) atoms. The van der Waals surface area contributed by atoms with E-state index in [0.29, 0.717) is 26.2 Å². The van der Waals surface area contributed by atoms with Crippen LogP contribution in [0, 0.1) is 0 Å². The normalized spacial score (nSPS) is 28.2. The molecule has 0 aromatic carbocycles. The monoisotopic (exact) mass is 271 g/mol. The molecule has 1 amide bonds. The molecule has 2 aliphatic heterocycles. The molecule has 0 spiro atoms. The Kier molecular flexibility index (Phi) is 5.12. The van der Waals surface area contributed by atoms with Crippen LogP contribution in [0.3, 0.4) is 0 Å². The van der Waals surface area contributed by atoms with E-state index in [4.69, 9.17) is 9.84 Å². The number of piperazine rings is 1. The number of nitrogens with one attached hydrogen (secondary N) is 2. The number of hydrogen-bond donors (Lipinski definition) is 3. The Morgan fingerprint density at radius 2 is 2.32 bits per heavy atom. The minimum atomic E-state index is -0.890. The van der Waals surface area contributed by atoms with Gasteiger partial charge in [0, 0.05) is 32.8 Å². The number of nitrogens with zero attached hydrogens (tertiary/aromatic N) is 1. The summed E-state index contributed by atoms with van der Waals surface area (Å²) >= 11 is 0. The van der Waals surface area contributed by atoms with Gasteiger partial charge in [0.25, 0.3) is 0 Å². The molecule has 0 aliphatic carbocycles. The SMILES string of the molecule is O=C(CN1CCNCC1C(=O)O)NCC1CCCO1. The summed E-state index contributed by atoms with van der Waals surface area (Å²) in [6.45, 7) is 3.08. The zero-order chi connectivity index (χ0) is 13.7. The van der Waals surface area contributed by atoms with E-state index in [1.165, 1.54) is 0 Å². The van der Waals surface area contributed by atoms with Gasteiger partial charge in [-0.05, 0) is 12.8 Å². The molecular formula is C12H21N3O4. The number of ether oxygens (including phenoxy) is 1. The summed E-state index contributed by atoms with van der Waals surface area (Å²) in [7, 11) is 0. The van der Waals surface area contributed by atoms with Crippen molar-refractivity contribution in [2.24, 2.45) is 0 Å². The Morgan fingerprint density at radius 3 is 3.00 bits per heavy atom. The lowest BCUT2D eigenvalue weighted by Crippen LogP contribution is -2.57. The molecule has 2 rings (SSSR count). The average molecular weight is 271 g/mol. The van der Waals surface area contributed by atoms with Crippen LogP contribution >= 0.6 is 0 Å². The topological polar surface area (TPSA) is 90.9 Å². The smallest absolute Gasteiger partial charge is 0.322 e. The van der Waals surface area contributed by atoms with Gasteiger partial charge in [-0.1, -0.05) is 0 Å². The van der Waals surface area contributed by atoms with Crippen molar-refractivity contribution in [3.63, 3.8) is 0 Å². The van der Waals surface area contributed by atoms with Crippen LogP contribution in [0.1, 0.15) is 12.8 Å². The van der Waals surface area contributed by atoms with Crippen LogP contribution in [0.15, 0.2) is 0 Å². The van der Waals surface area contributed by atoms with Gasteiger partial charge in [0.1, 0.15) is 6.04 Å². The molecule has 0 aromatic heterocycles. The molecule has 0 aromatic rings. The van der Waals surface area contributed by atoms with Gasteiger partial charge in [-0.3, -0.25) is 14.5 Å². The predicted octanol–water partition coefficient (Wildman–Crippen LogP) is -1.36. The molecule has 2 unspecified atom stereocenters. The van der Waals surface area contributed by atoms with Gasteiger partial charge in [-0.2, -0.15) is 0 Å². The maximum Gasteiger partial charge on any atom is 0.322 e. The third-order valence-electron chi connectivity index (χ3n) is 3.54. The summed E-state index contributed by atoms with van der Waals surface area (Å²) < 4.78 is 5.42. The second kappa shape index (κ2) is 6.83. The Hall–Kier alpha value is -1.18. The van der Waals surface area contributed by atoms with Gasteiger partial charge in [0.2, 0.25) is 5.91 Å². The molecule has 2 heterocycles. The van der Waals surface area contributed by atoms with Crippen molar-refractivity contribution < 1.29 is 19.4 Å². The molecule has 3 N–H and O–H groups in total. The van der Waals surface area contributed by atoms with E-state index in [2.05, 4.69) is 10.6 Å². The Morgan fingerprint density at radius 1 is 1.47 bits per heavy atom. The van der Waals surface area contributed by atoms with Gasteiger partial charge in [-0.15, -0.1) is 0 Å². The zero-order valence-corrected chi connectivity index (χ0v) is 10.9. The molecule has 0 radical (unpaired) electrons. The van der Waals surface area contributed by atoms with Crippen LogP contribution in [-0.4, -0.2) is 73.4 Å². The zero-order valence-electron chi connectivity index (χ0n) is 10.9. The van der Waals surface area contributed by atoms with Crippen LogP contribution in [-0.2, 0) is 14.3 Å². The van der Waals surface area contributed by atoms with Crippen molar-refractivity contribution in [3.05, 3.63) is 0 Å². The molecule has 2 aliphatic rings. The number of carbonyl (C=O) groups excluding carboxylic acids is 1. The fourth-order valence-corrected chi connectivity index (χ4v) is 2.45. The van der Waals surface area contributed by atoms with Crippen LogP contribution in [0.4, 0.5) is 0 Å². The second-order valence-corrected chi connectivity index (χ2v) is 4.97. The van der Waals surface area contributed by atoms with E-state index >= 15 is 0 Å². The lowest BCUT2D eigenvalue weighted by atomic mass is 10.2. The van der Waals surface area contributed by atoms with Crippen molar-refractivity contribution in [1.29, 1.82) is 0 Å². The van der Waals surface area contributed by atoms with Gasteiger partial charge < -0.3 is 20.5 Å². The van der Waals surface area contributed by atoms with Crippen molar-refractivity contribution in [2.75, 3.05) is 39.3 Å². The van der Waals surface area contributed by atoms with E-state index in [0.717, 1.165) is 19.4 Å². The van der Waals surface area contributed by atoms with E-state index in [1.54, 1.807) is 4.90 Å². The highest BCUT2D eigenvalue weighted by atomic mass is 16.5. The molecule has 2 saturated heterocycles. The summed E-state index contributed by atoms with van der Waals surface area (Å²) in [5.41, 5.74) is 0. The molecule has 7 nitrogen and oxygen atoms in total. The summed E-state index contributed by atoms with van der Waals surface area (Å²) in [4.78, 5) is 24.6. The van der Waals surface area contributed by atoms with E-state index in [1.807, 2.05) is 0 Å². The Labute approximate surface area is 112 Å². The minimum Gasteiger partial charge on any atom is -0.480 e. The van der Waals surface area contributed by atoms with Gasteiger partial charge in [0.05, 0.1) is 12.6 Å². The maximum absolute atomic E-state index is 11.8. The fourth-order valence-electron chi connectivity index (χ4n) is 2.45. The highest BCUT2D eigenvalue weighted by Gasteiger charge is 2.29. The van der Waals surface area contributed by atoms with Crippen molar-refractivity contribution in [1.82, 2.24) is 15.5 Å². The van der Waals surface area contributed by atoms with Crippen LogP contribution in [0.2, 0.25) is 0 Å². The highest BCUT2D eigenvalue weighted by Crippen LogP contribution is 2.10. The van der Waals surface area contributed by atoms with Crippen LogP contribution in [0.5, 0.6) is 0 Å². The molecule has 2 fully saturated rings. The summed E-state index contributed by atoms with van der Waals surface area (Å²) in [5.74, 6) is -1.03. The van der Waals surface area contributed by atoms with E-state index in [9.17, 15) is 9.59 Å². The van der Waals surface area contributed by atoms with Crippen LogP contribution < -0.4 is 10.6 Å². The molecule has 2 atom stereocenters. The first-order valence-electron chi connectivity index (χ1n) is 6.72. The number of carboxylic acid groups (broad SMARTS) is 1. The molecular weight excluding hydrogens is 250 g/mol. The lowest BCUT2D eigenvalue weighted by molar-refractivity contribution is -0.144. The summed E-state index contributed by atoms with van der Waals surface area (Å²) in [5, 5.41) is 14.9. The number of carboxylic acids is 1. The van der Waals surface area contributed by atoms with Gasteiger partial charge in [0.15, 0.2) is 0 Å². The number of hydrogen-bond acceptors (Lipinski definition) is 5. The number of aliphatic carboxylic acids is 1. The van der Waals surface area contributed by atoms with Gasteiger partial charge >= 0.3 is 5.97 Å². The second-order valence-electron chi connectivity index (χ2n) is 4.97. The first kappa shape index (κ1) is 14.2. The first-order chi connectivity index (χ1) is 9.16. The number of amides is 1. The Balaban J connectivity index is 1.74. The highest BCUT2D eigenvalue weighted by molar-refractivity contribution is 5.80. The third kappa shape index (κ3) is 4.15. The van der Waals surface area contributed by atoms with Gasteiger partial charge in [-0.25, -0.2) is 0 Å². The van der Waals surface area contributed by atoms with E-state index in [-0.39, 0.29) is 18.6 Å². The molecule has 108 valence electrons. The summed E-state index contributed by atoms with van der Waals surface area (Å²) in [6.07, 6.45) is 2.13. The lowest BCUT2D eigenvalue weighted by Gasteiger charge is -2.32. The maximum atomic E-state index is 11.8. The predicted molar refractivity (Wildman–Crippen MR) is 67.9 cm³/mol. The van der Waals surface area contributed by atoms with E-state index < -0.39 is 12.0 Å². The van der Waals surface area contributed by atoms with Crippen molar-refractivity contribution >= 4 is 11.9 Å². The molecule has 7 heteroatoms. The van der Waals surface area contributed by atoms with Crippen LogP contribution in [0.25, 0.3) is 0 Å². The standard InChI is InChI=1S/C12H21N3O4/c16-11(14-6-9-2-1-5-19-9)8-15-4-3-13-7-10(15)12(17)18/h9-10,13H,1-8H2,(H,14,16)(H,17,18). The molecule has 0 saturated carbocycles. The fraction of sp³-hybridized carbons (Fsp3) is 0.833. The quantitative estimate of drug-likeness (QED) is 0.572. The largest absolute Gasteiger partial charge is 0.480 e. The minimum absolute atomic E-state index is 0.113. The first-order valence-corrected chi connectivity index (χ1v) is 6.72.